The average molecular weight is 370 g/mol. The molecule has 0 fully saturated rings. The Labute approximate surface area is 154 Å². The van der Waals surface area contributed by atoms with Crippen molar-refractivity contribution in [3.8, 4) is 17.4 Å². The number of rotatable bonds is 5. The van der Waals surface area contributed by atoms with Gasteiger partial charge in [0.05, 0.1) is 23.7 Å². The first-order valence-electron chi connectivity index (χ1n) is 8.64. The molecule has 140 valence electrons. The topological polar surface area (TPSA) is 81.2 Å². The zero-order chi connectivity index (χ0) is 19.1. The Hall–Kier alpha value is -3.00. The lowest BCUT2D eigenvalue weighted by atomic mass is 10.2. The monoisotopic (exact) mass is 370 g/mol. The molecule has 8 heteroatoms. The lowest BCUT2D eigenvalue weighted by Gasteiger charge is -2.08. The van der Waals surface area contributed by atoms with Gasteiger partial charge in [0.2, 0.25) is 5.88 Å². The first kappa shape index (κ1) is 17.4. The van der Waals surface area contributed by atoms with E-state index < -0.39 is 11.9 Å². The van der Waals surface area contributed by atoms with Crippen molar-refractivity contribution < 1.29 is 19.0 Å². The molecule has 0 amide bonds. The molecule has 3 heterocycles. The summed E-state index contributed by atoms with van der Waals surface area (Å²) in [7, 11) is 0. The average Bonchev–Trinajstić information content (AvgIpc) is 3.16. The highest BCUT2D eigenvalue weighted by molar-refractivity contribution is 5.67. The van der Waals surface area contributed by atoms with Crippen LogP contribution in [0.2, 0.25) is 0 Å². The fourth-order valence-electron chi connectivity index (χ4n) is 3.05. The van der Waals surface area contributed by atoms with Crippen molar-refractivity contribution in [2.24, 2.45) is 4.99 Å². The molecule has 1 aromatic carbocycles. The molecular weight excluding hydrogens is 351 g/mol. The van der Waals surface area contributed by atoms with E-state index >= 15 is 0 Å². The minimum atomic E-state index is -0.598. The number of halogens is 1. The van der Waals surface area contributed by atoms with Gasteiger partial charge in [-0.05, 0) is 39.0 Å². The van der Waals surface area contributed by atoms with Crippen molar-refractivity contribution in [3.63, 3.8) is 0 Å². The standard InChI is InChI=1S/C19H19FN4O3/c1-10-6-13-14(23-10)4-5-15(17(13)20)27-19-18-12(3)16(26-8-11(2)25)7-24(18)22-9-21-19/h4-7,9-11,25H,8H2,1-3H3. The van der Waals surface area contributed by atoms with E-state index in [9.17, 15) is 9.50 Å². The Bertz CT molecular complexity index is 1140. The third-order valence-electron chi connectivity index (χ3n) is 4.31. The Morgan fingerprint density at radius 2 is 2.15 bits per heavy atom. The van der Waals surface area contributed by atoms with Gasteiger partial charge in [0.15, 0.2) is 11.6 Å². The Balaban J connectivity index is 1.75. The fraction of sp³-hybridized carbons (Fsp3) is 0.316. The van der Waals surface area contributed by atoms with E-state index in [-0.39, 0.29) is 24.3 Å². The number of hydrogen-bond acceptors (Lipinski definition) is 6. The molecule has 2 atom stereocenters. The van der Waals surface area contributed by atoms with Crippen LogP contribution in [0.5, 0.6) is 17.4 Å². The second kappa shape index (κ2) is 6.62. The summed E-state index contributed by atoms with van der Waals surface area (Å²) in [5.74, 6) is 0.377. The molecule has 0 aliphatic carbocycles. The third kappa shape index (κ3) is 3.12. The largest absolute Gasteiger partial charge is 0.489 e. The molecule has 1 aliphatic heterocycles. The van der Waals surface area contributed by atoms with Crippen molar-refractivity contribution in [2.45, 2.75) is 32.9 Å². The van der Waals surface area contributed by atoms with Crippen molar-refractivity contribution >= 4 is 11.6 Å². The van der Waals surface area contributed by atoms with E-state index in [0.29, 0.717) is 21.8 Å². The highest BCUT2D eigenvalue weighted by Crippen LogP contribution is 2.32. The third-order valence-corrected chi connectivity index (χ3v) is 4.31. The second-order valence-corrected chi connectivity index (χ2v) is 6.59. The van der Waals surface area contributed by atoms with Crippen LogP contribution in [-0.2, 0) is 0 Å². The molecule has 7 nitrogen and oxygen atoms in total. The van der Waals surface area contributed by atoms with E-state index in [4.69, 9.17) is 9.47 Å². The maximum atomic E-state index is 14.8. The predicted octanol–water partition coefficient (Wildman–Crippen LogP) is 1.53. The summed E-state index contributed by atoms with van der Waals surface area (Å²) in [4.78, 5) is 8.51. The van der Waals surface area contributed by atoms with Gasteiger partial charge in [0.1, 0.15) is 24.2 Å². The van der Waals surface area contributed by atoms with E-state index in [1.165, 1.54) is 6.33 Å². The first-order chi connectivity index (χ1) is 12.9. The number of fused-ring (bicyclic) bond motifs is 2. The maximum absolute atomic E-state index is 14.8. The van der Waals surface area contributed by atoms with Crippen molar-refractivity contribution in [2.75, 3.05) is 6.61 Å². The lowest BCUT2D eigenvalue weighted by Crippen LogP contribution is -2.25. The van der Waals surface area contributed by atoms with Gasteiger partial charge in [-0.15, -0.1) is 0 Å². The van der Waals surface area contributed by atoms with Crippen molar-refractivity contribution in [3.05, 3.63) is 46.6 Å². The number of aromatic nitrogens is 3. The van der Waals surface area contributed by atoms with Gasteiger partial charge >= 0.3 is 0 Å². The molecule has 2 unspecified atom stereocenters. The molecule has 1 N–H and O–H groups in total. The number of aryl methyl sites for hydroxylation is 1. The van der Waals surface area contributed by atoms with Crippen molar-refractivity contribution in [1.82, 2.24) is 14.6 Å². The molecule has 0 saturated carbocycles. The second-order valence-electron chi connectivity index (χ2n) is 6.59. The van der Waals surface area contributed by atoms with Gasteiger partial charge in [0.25, 0.3) is 0 Å². The Morgan fingerprint density at radius 3 is 2.93 bits per heavy atom. The van der Waals surface area contributed by atoms with Gasteiger partial charge in [-0.1, -0.05) is 0 Å². The molecular formula is C19H19FN4O3. The number of hydrogen-bond donors (Lipinski definition) is 1. The molecule has 4 rings (SSSR count). The summed E-state index contributed by atoms with van der Waals surface area (Å²) in [5.41, 5.74) is 1.31. The molecule has 0 bridgehead atoms. The van der Waals surface area contributed by atoms with Crippen LogP contribution in [0.1, 0.15) is 19.4 Å². The van der Waals surface area contributed by atoms with Crippen LogP contribution in [0.25, 0.3) is 11.6 Å². The first-order valence-corrected chi connectivity index (χ1v) is 8.64. The SMILES string of the molecule is Cc1c(OCC(C)O)cn2ncnc(Oc3ccc4c(c3F)=CC(C)N=4)c12. The quantitative estimate of drug-likeness (QED) is 0.737. The Morgan fingerprint density at radius 1 is 1.33 bits per heavy atom. The van der Waals surface area contributed by atoms with E-state index in [2.05, 4.69) is 15.1 Å². The fourth-order valence-corrected chi connectivity index (χ4v) is 3.05. The zero-order valence-electron chi connectivity index (χ0n) is 15.2. The molecule has 0 saturated heterocycles. The van der Waals surface area contributed by atoms with Crippen LogP contribution in [0.3, 0.4) is 0 Å². The molecule has 2 aromatic heterocycles. The summed E-state index contributed by atoms with van der Waals surface area (Å²) in [6, 6.07) is 3.22. The summed E-state index contributed by atoms with van der Waals surface area (Å²) < 4.78 is 27.8. The van der Waals surface area contributed by atoms with E-state index in [1.54, 1.807) is 35.8 Å². The molecule has 27 heavy (non-hydrogen) atoms. The van der Waals surface area contributed by atoms with Crippen LogP contribution >= 0.6 is 0 Å². The maximum Gasteiger partial charge on any atom is 0.247 e. The van der Waals surface area contributed by atoms with Gasteiger partial charge in [0, 0.05) is 10.8 Å². The Kier molecular flexibility index (Phi) is 4.27. The van der Waals surface area contributed by atoms with E-state index in [0.717, 1.165) is 5.56 Å². The van der Waals surface area contributed by atoms with Crippen LogP contribution in [0, 0.1) is 12.7 Å². The zero-order valence-corrected chi connectivity index (χ0v) is 15.2. The van der Waals surface area contributed by atoms with Gasteiger partial charge in [-0.3, -0.25) is 4.99 Å². The normalized spacial score (nSPS) is 16.6. The number of nitrogens with zero attached hydrogens (tertiary/aromatic N) is 4. The van der Waals surface area contributed by atoms with Crippen molar-refractivity contribution in [1.29, 1.82) is 0 Å². The van der Waals surface area contributed by atoms with Gasteiger partial charge < -0.3 is 14.6 Å². The summed E-state index contributed by atoms with van der Waals surface area (Å²) >= 11 is 0. The van der Waals surface area contributed by atoms with Crippen LogP contribution in [0.15, 0.2) is 29.6 Å². The number of benzene rings is 1. The summed E-state index contributed by atoms with van der Waals surface area (Å²) in [6.07, 6.45) is 4.17. The van der Waals surface area contributed by atoms with Crippen LogP contribution in [0.4, 0.5) is 4.39 Å². The predicted molar refractivity (Wildman–Crippen MR) is 96.1 cm³/mol. The molecule has 3 aromatic rings. The van der Waals surface area contributed by atoms with Crippen LogP contribution in [-0.4, -0.2) is 38.5 Å². The molecule has 0 spiro atoms. The molecule has 1 aliphatic rings. The minimum absolute atomic E-state index is 0.0583. The summed E-state index contributed by atoms with van der Waals surface area (Å²) in [5, 5.41) is 14.6. The van der Waals surface area contributed by atoms with Gasteiger partial charge in [-0.2, -0.15) is 10.1 Å². The molecule has 0 radical (unpaired) electrons. The van der Waals surface area contributed by atoms with Gasteiger partial charge in [-0.25, -0.2) is 8.91 Å². The summed E-state index contributed by atoms with van der Waals surface area (Å²) in [6.45, 7) is 5.52. The number of ether oxygens (including phenoxy) is 2. The highest BCUT2D eigenvalue weighted by atomic mass is 19.1. The minimum Gasteiger partial charge on any atom is -0.489 e. The number of aliphatic hydroxyl groups is 1. The van der Waals surface area contributed by atoms with E-state index in [1.807, 2.05) is 13.8 Å². The van der Waals surface area contributed by atoms with Crippen LogP contribution < -0.4 is 20.0 Å². The highest BCUT2D eigenvalue weighted by Gasteiger charge is 2.18. The lowest BCUT2D eigenvalue weighted by molar-refractivity contribution is 0.122. The number of aliphatic hydroxyl groups excluding tert-OH is 1. The smallest absolute Gasteiger partial charge is 0.247 e.